The van der Waals surface area contributed by atoms with Crippen molar-refractivity contribution in [3.05, 3.63) is 89.0 Å². The minimum absolute atomic E-state index is 0.0631. The van der Waals surface area contributed by atoms with Gasteiger partial charge in [0.2, 0.25) is 0 Å². The maximum Gasteiger partial charge on any atom is 0.250 e. The summed E-state index contributed by atoms with van der Waals surface area (Å²) in [6.07, 6.45) is 3.59. The van der Waals surface area contributed by atoms with Gasteiger partial charge in [-0.25, -0.2) is 0 Å². The van der Waals surface area contributed by atoms with Crippen LogP contribution in [-0.4, -0.2) is 28.9 Å². The van der Waals surface area contributed by atoms with Crippen molar-refractivity contribution >= 4 is 10.9 Å². The Bertz CT molecular complexity index is 1320. The van der Waals surface area contributed by atoms with Gasteiger partial charge in [0, 0.05) is 29.9 Å². The van der Waals surface area contributed by atoms with Gasteiger partial charge in [0.05, 0.1) is 31.4 Å². The van der Waals surface area contributed by atoms with Crippen LogP contribution in [0, 0.1) is 0 Å². The Hall–Kier alpha value is -3.64. The van der Waals surface area contributed by atoms with E-state index in [0.29, 0.717) is 19.8 Å². The highest BCUT2D eigenvalue weighted by Crippen LogP contribution is 2.27. The number of benzene rings is 2. The minimum atomic E-state index is -0.175. The van der Waals surface area contributed by atoms with E-state index >= 15 is 0 Å². The molecule has 0 bridgehead atoms. The number of hydrogen-bond donors (Lipinski definition) is 0. The lowest BCUT2D eigenvalue weighted by Crippen LogP contribution is -2.22. The predicted molar refractivity (Wildman–Crippen MR) is 134 cm³/mol. The van der Waals surface area contributed by atoms with Crippen molar-refractivity contribution in [3.8, 4) is 22.6 Å². The van der Waals surface area contributed by atoms with Gasteiger partial charge in [-0.15, -0.1) is 0 Å². The maximum atomic E-state index is 12.4. The average molecular weight is 459 g/mol. The highest BCUT2D eigenvalue weighted by Gasteiger charge is 2.10. The molecule has 2 aromatic carbocycles. The van der Waals surface area contributed by atoms with Gasteiger partial charge >= 0.3 is 0 Å². The molecule has 2 heterocycles. The fourth-order valence-electron chi connectivity index (χ4n) is 3.58. The molecule has 0 aliphatic rings. The van der Waals surface area contributed by atoms with Crippen LogP contribution in [-0.2, 0) is 17.9 Å². The lowest BCUT2D eigenvalue weighted by atomic mass is 10.1. The van der Waals surface area contributed by atoms with Crippen LogP contribution in [0.2, 0.25) is 0 Å². The number of rotatable bonds is 8. The molecule has 0 fully saturated rings. The van der Waals surface area contributed by atoms with Crippen molar-refractivity contribution in [1.29, 1.82) is 0 Å². The van der Waals surface area contributed by atoms with E-state index in [1.54, 1.807) is 23.9 Å². The first-order chi connectivity index (χ1) is 16.3. The number of fused-ring (bicyclic) bond motifs is 1. The molecule has 0 amide bonds. The summed E-state index contributed by atoms with van der Waals surface area (Å²) in [4.78, 5) is 16.8. The molecule has 6 heteroatoms. The van der Waals surface area contributed by atoms with Gasteiger partial charge in [-0.1, -0.05) is 24.3 Å². The Balaban J connectivity index is 1.44. The highest BCUT2D eigenvalue weighted by atomic mass is 16.5. The van der Waals surface area contributed by atoms with Crippen LogP contribution in [0.25, 0.3) is 22.0 Å². The van der Waals surface area contributed by atoms with Gasteiger partial charge in [0.25, 0.3) is 5.56 Å². The summed E-state index contributed by atoms with van der Waals surface area (Å²) in [7, 11) is 1.63. The summed E-state index contributed by atoms with van der Waals surface area (Å²) < 4.78 is 18.8. The first kappa shape index (κ1) is 23.5. The highest BCUT2D eigenvalue weighted by molar-refractivity contribution is 5.85. The molecular weight excluding hydrogens is 428 g/mol. The molecule has 4 aromatic rings. The topological polar surface area (TPSA) is 62.6 Å². The van der Waals surface area contributed by atoms with Crippen molar-refractivity contribution in [2.45, 2.75) is 39.5 Å². The lowest BCUT2D eigenvalue weighted by molar-refractivity contribution is -0.0149. The number of ether oxygens (including phenoxy) is 3. The molecule has 0 unspecified atom stereocenters. The average Bonchev–Trinajstić information content (AvgIpc) is 2.83. The fourth-order valence-corrected chi connectivity index (χ4v) is 3.58. The molecule has 0 aliphatic carbocycles. The van der Waals surface area contributed by atoms with E-state index in [0.717, 1.165) is 39.1 Å². The number of nitrogens with zero attached hydrogens (tertiary/aromatic N) is 2. The van der Waals surface area contributed by atoms with E-state index in [4.69, 9.17) is 14.2 Å². The van der Waals surface area contributed by atoms with E-state index in [1.807, 2.05) is 57.3 Å². The molecule has 0 saturated carbocycles. The van der Waals surface area contributed by atoms with Gasteiger partial charge in [-0.2, -0.15) is 0 Å². The van der Waals surface area contributed by atoms with Crippen LogP contribution in [0.5, 0.6) is 11.5 Å². The Kier molecular flexibility index (Phi) is 6.98. The SMILES string of the molecule is COc1ccc2c(OCCn3cc(-c4ccc(COC(C)(C)C)cc4)ccc3=O)ccnc2c1. The van der Waals surface area contributed by atoms with Gasteiger partial charge in [-0.05, 0) is 61.7 Å². The summed E-state index contributed by atoms with van der Waals surface area (Å²) in [6.45, 7) is 7.49. The molecular formula is C28H30N2O4. The second-order valence-corrected chi connectivity index (χ2v) is 9.09. The molecule has 0 N–H and O–H groups in total. The number of pyridine rings is 2. The summed E-state index contributed by atoms with van der Waals surface area (Å²) in [5, 5.41) is 0.903. The molecule has 0 spiro atoms. The van der Waals surface area contributed by atoms with Crippen LogP contribution >= 0.6 is 0 Å². The normalized spacial score (nSPS) is 11.5. The third kappa shape index (κ3) is 5.83. The van der Waals surface area contributed by atoms with E-state index in [9.17, 15) is 4.79 Å². The predicted octanol–water partition coefficient (Wildman–Crippen LogP) is 5.47. The second kappa shape index (κ2) is 10.1. The zero-order valence-corrected chi connectivity index (χ0v) is 20.1. The summed E-state index contributed by atoms with van der Waals surface area (Å²) in [6, 6.07) is 19.2. The minimum Gasteiger partial charge on any atom is -0.497 e. The molecule has 2 aromatic heterocycles. The molecule has 34 heavy (non-hydrogen) atoms. The van der Waals surface area contributed by atoms with Gasteiger partial charge in [0.1, 0.15) is 18.1 Å². The van der Waals surface area contributed by atoms with Crippen molar-refractivity contribution in [2.75, 3.05) is 13.7 Å². The Labute approximate surface area is 199 Å². The number of hydrogen-bond acceptors (Lipinski definition) is 5. The Morgan fingerprint density at radius 1 is 0.941 bits per heavy atom. The second-order valence-electron chi connectivity index (χ2n) is 9.09. The fraction of sp³-hybridized carbons (Fsp3) is 0.286. The third-order valence-corrected chi connectivity index (χ3v) is 5.44. The molecule has 6 nitrogen and oxygen atoms in total. The monoisotopic (exact) mass is 458 g/mol. The molecule has 176 valence electrons. The van der Waals surface area contributed by atoms with E-state index in [-0.39, 0.29) is 11.2 Å². The van der Waals surface area contributed by atoms with Crippen LogP contribution in [0.15, 0.2) is 77.9 Å². The molecule has 0 radical (unpaired) electrons. The van der Waals surface area contributed by atoms with Crippen molar-refractivity contribution in [2.24, 2.45) is 0 Å². The summed E-state index contributed by atoms with van der Waals surface area (Å²) in [5.74, 6) is 1.47. The van der Waals surface area contributed by atoms with E-state index in [2.05, 4.69) is 29.2 Å². The standard InChI is InChI=1S/C28H30N2O4/c1-28(2,3)34-19-20-5-7-21(8-6-20)22-9-12-27(31)30(18-22)15-16-33-26-13-14-29-25-17-23(32-4)10-11-24(25)26/h5-14,17-18H,15-16,19H2,1-4H3. The molecule has 0 atom stereocenters. The Morgan fingerprint density at radius 3 is 2.44 bits per heavy atom. The smallest absolute Gasteiger partial charge is 0.250 e. The molecule has 0 aliphatic heterocycles. The zero-order valence-electron chi connectivity index (χ0n) is 20.1. The van der Waals surface area contributed by atoms with Crippen LogP contribution in [0.1, 0.15) is 26.3 Å². The summed E-state index contributed by atoms with van der Waals surface area (Å²) in [5.41, 5.74) is 3.69. The van der Waals surface area contributed by atoms with Crippen LogP contribution < -0.4 is 15.0 Å². The Morgan fingerprint density at radius 2 is 1.71 bits per heavy atom. The van der Waals surface area contributed by atoms with Crippen molar-refractivity contribution in [1.82, 2.24) is 9.55 Å². The quantitative estimate of drug-likeness (QED) is 0.351. The van der Waals surface area contributed by atoms with E-state index in [1.165, 1.54) is 0 Å². The summed E-state index contributed by atoms with van der Waals surface area (Å²) >= 11 is 0. The van der Waals surface area contributed by atoms with Crippen molar-refractivity contribution < 1.29 is 14.2 Å². The van der Waals surface area contributed by atoms with Gasteiger partial charge in [-0.3, -0.25) is 9.78 Å². The number of methoxy groups -OCH3 is 1. The van der Waals surface area contributed by atoms with Crippen LogP contribution in [0.4, 0.5) is 0 Å². The van der Waals surface area contributed by atoms with Crippen molar-refractivity contribution in [3.63, 3.8) is 0 Å². The first-order valence-corrected chi connectivity index (χ1v) is 11.3. The van der Waals surface area contributed by atoms with Gasteiger partial charge < -0.3 is 18.8 Å². The lowest BCUT2D eigenvalue weighted by Gasteiger charge is -2.19. The van der Waals surface area contributed by atoms with Gasteiger partial charge in [0.15, 0.2) is 0 Å². The molecule has 0 saturated heterocycles. The van der Waals surface area contributed by atoms with E-state index < -0.39 is 0 Å². The largest absolute Gasteiger partial charge is 0.497 e. The number of aromatic nitrogens is 2. The molecule has 4 rings (SSSR count). The zero-order chi connectivity index (χ0) is 24.1. The van der Waals surface area contributed by atoms with Crippen LogP contribution in [0.3, 0.4) is 0 Å². The maximum absolute atomic E-state index is 12.4. The third-order valence-electron chi connectivity index (χ3n) is 5.44. The first-order valence-electron chi connectivity index (χ1n) is 11.3.